The van der Waals surface area contributed by atoms with E-state index in [2.05, 4.69) is 27.8 Å². The van der Waals surface area contributed by atoms with Gasteiger partial charge in [-0.3, -0.25) is 9.59 Å². The molecule has 0 bridgehead atoms. The van der Waals surface area contributed by atoms with Gasteiger partial charge in [0, 0.05) is 24.9 Å². The monoisotopic (exact) mass is 346 g/mol. The molecule has 0 aliphatic heterocycles. The molecule has 1 aromatic heterocycles. The van der Waals surface area contributed by atoms with E-state index < -0.39 is 0 Å². The van der Waals surface area contributed by atoms with Crippen LogP contribution in [0.25, 0.3) is 0 Å². The Morgan fingerprint density at radius 2 is 1.75 bits per heavy atom. The molecule has 0 aliphatic rings. The Balaban J connectivity index is 1.77. The molecule has 0 aliphatic carbocycles. The number of hydrogen-bond acceptors (Lipinski definition) is 5. The Morgan fingerprint density at radius 1 is 1.04 bits per heavy atom. The topological polar surface area (TPSA) is 84.0 Å². The first-order chi connectivity index (χ1) is 11.5. The summed E-state index contributed by atoms with van der Waals surface area (Å²) >= 11 is 1.37. The molecule has 6 nitrogen and oxygen atoms in total. The Labute approximate surface area is 145 Å². The Morgan fingerprint density at radius 3 is 2.42 bits per heavy atom. The summed E-state index contributed by atoms with van der Waals surface area (Å²) in [4.78, 5) is 23.8. The van der Waals surface area contributed by atoms with E-state index in [0.717, 1.165) is 29.1 Å². The van der Waals surface area contributed by atoms with Crippen molar-refractivity contribution in [3.05, 3.63) is 34.3 Å². The SMILES string of the molecule is CCCc1nnc(NC(=O)CCC(=O)Nc2ccc(C)c(C)c2)s1. The summed E-state index contributed by atoms with van der Waals surface area (Å²) in [6.07, 6.45) is 2.08. The highest BCUT2D eigenvalue weighted by Crippen LogP contribution is 2.17. The third kappa shape index (κ3) is 5.42. The first kappa shape index (κ1) is 18.1. The number of aryl methyl sites for hydroxylation is 3. The van der Waals surface area contributed by atoms with Crippen LogP contribution in [0.2, 0.25) is 0 Å². The van der Waals surface area contributed by atoms with Crippen molar-refractivity contribution in [2.45, 2.75) is 46.5 Å². The quantitative estimate of drug-likeness (QED) is 0.804. The fraction of sp³-hybridized carbons (Fsp3) is 0.412. The van der Waals surface area contributed by atoms with Crippen LogP contribution in [0.1, 0.15) is 42.3 Å². The lowest BCUT2D eigenvalue weighted by Crippen LogP contribution is -2.17. The van der Waals surface area contributed by atoms with Crippen molar-refractivity contribution in [2.24, 2.45) is 0 Å². The van der Waals surface area contributed by atoms with Crippen LogP contribution in [0.4, 0.5) is 10.8 Å². The van der Waals surface area contributed by atoms with Gasteiger partial charge in [-0.1, -0.05) is 24.3 Å². The summed E-state index contributed by atoms with van der Waals surface area (Å²) in [6.45, 7) is 6.08. The van der Waals surface area contributed by atoms with Crippen molar-refractivity contribution in [3.63, 3.8) is 0 Å². The van der Waals surface area contributed by atoms with E-state index in [1.165, 1.54) is 16.9 Å². The third-order valence-corrected chi connectivity index (χ3v) is 4.45. The van der Waals surface area contributed by atoms with Crippen LogP contribution < -0.4 is 10.6 Å². The second kappa shape index (κ2) is 8.54. The molecule has 0 radical (unpaired) electrons. The van der Waals surface area contributed by atoms with Crippen molar-refractivity contribution in [1.82, 2.24) is 10.2 Å². The average molecular weight is 346 g/mol. The standard InChI is InChI=1S/C17H22N4O2S/c1-4-5-16-20-21-17(24-16)19-15(23)9-8-14(22)18-13-7-6-11(2)12(3)10-13/h6-7,10H,4-5,8-9H2,1-3H3,(H,18,22)(H,19,21,23). The molecule has 0 fully saturated rings. The maximum Gasteiger partial charge on any atom is 0.226 e. The molecule has 0 spiro atoms. The summed E-state index contributed by atoms with van der Waals surface area (Å²) < 4.78 is 0. The molecule has 128 valence electrons. The highest BCUT2D eigenvalue weighted by Gasteiger charge is 2.10. The van der Waals surface area contributed by atoms with Gasteiger partial charge in [0.2, 0.25) is 16.9 Å². The largest absolute Gasteiger partial charge is 0.326 e. The van der Waals surface area contributed by atoms with E-state index in [4.69, 9.17) is 0 Å². The fourth-order valence-corrected chi connectivity index (χ4v) is 2.93. The van der Waals surface area contributed by atoms with E-state index in [-0.39, 0.29) is 24.7 Å². The predicted molar refractivity (Wildman–Crippen MR) is 96.3 cm³/mol. The molecule has 24 heavy (non-hydrogen) atoms. The smallest absolute Gasteiger partial charge is 0.226 e. The molecule has 0 saturated carbocycles. The van der Waals surface area contributed by atoms with Gasteiger partial charge in [0.05, 0.1) is 0 Å². The Kier molecular flexibility index (Phi) is 6.43. The van der Waals surface area contributed by atoms with Gasteiger partial charge in [-0.2, -0.15) is 0 Å². The van der Waals surface area contributed by atoms with Gasteiger partial charge in [0.15, 0.2) is 0 Å². The molecule has 2 rings (SSSR count). The fourth-order valence-electron chi connectivity index (χ4n) is 2.07. The molecule has 1 heterocycles. The van der Waals surface area contributed by atoms with Crippen molar-refractivity contribution in [3.8, 4) is 0 Å². The maximum atomic E-state index is 11.9. The van der Waals surface area contributed by atoms with Crippen molar-refractivity contribution in [1.29, 1.82) is 0 Å². The summed E-state index contributed by atoms with van der Waals surface area (Å²) in [5.41, 5.74) is 3.04. The summed E-state index contributed by atoms with van der Waals surface area (Å²) in [5.74, 6) is -0.415. The summed E-state index contributed by atoms with van der Waals surface area (Å²) in [5, 5.41) is 14.8. The maximum absolute atomic E-state index is 11.9. The number of nitrogens with zero attached hydrogens (tertiary/aromatic N) is 2. The number of carbonyl (C=O) groups excluding carboxylic acids is 2. The van der Waals surface area contributed by atoms with Crippen molar-refractivity contribution in [2.75, 3.05) is 10.6 Å². The molecule has 1 aromatic carbocycles. The third-order valence-electron chi connectivity index (χ3n) is 3.55. The van der Waals surface area contributed by atoms with Crippen molar-refractivity contribution < 1.29 is 9.59 Å². The lowest BCUT2D eigenvalue weighted by atomic mass is 10.1. The first-order valence-electron chi connectivity index (χ1n) is 7.97. The molecule has 2 amide bonds. The zero-order valence-corrected chi connectivity index (χ0v) is 15.0. The van der Waals surface area contributed by atoms with Gasteiger partial charge in [-0.05, 0) is 43.5 Å². The van der Waals surface area contributed by atoms with Crippen LogP contribution >= 0.6 is 11.3 Å². The molecule has 0 unspecified atom stereocenters. The number of amides is 2. The van der Waals surface area contributed by atoms with Gasteiger partial charge >= 0.3 is 0 Å². The number of carbonyl (C=O) groups is 2. The molecular formula is C17H22N4O2S. The zero-order chi connectivity index (χ0) is 17.5. The first-order valence-corrected chi connectivity index (χ1v) is 8.79. The number of benzene rings is 1. The number of nitrogens with one attached hydrogen (secondary N) is 2. The predicted octanol–water partition coefficient (Wildman–Crippen LogP) is 3.46. The molecular weight excluding hydrogens is 324 g/mol. The summed E-state index contributed by atoms with van der Waals surface area (Å²) in [7, 11) is 0. The normalized spacial score (nSPS) is 10.5. The van der Waals surface area contributed by atoms with E-state index in [1.807, 2.05) is 32.0 Å². The highest BCUT2D eigenvalue weighted by molar-refractivity contribution is 7.15. The highest BCUT2D eigenvalue weighted by atomic mass is 32.1. The molecule has 2 N–H and O–H groups in total. The van der Waals surface area contributed by atoms with Crippen LogP contribution in [-0.2, 0) is 16.0 Å². The van der Waals surface area contributed by atoms with E-state index in [1.54, 1.807) is 0 Å². The minimum absolute atomic E-state index is 0.110. The van der Waals surface area contributed by atoms with Gasteiger partial charge in [-0.15, -0.1) is 10.2 Å². The minimum atomic E-state index is -0.232. The van der Waals surface area contributed by atoms with E-state index >= 15 is 0 Å². The minimum Gasteiger partial charge on any atom is -0.326 e. The number of aromatic nitrogens is 2. The average Bonchev–Trinajstić information content (AvgIpc) is 2.96. The van der Waals surface area contributed by atoms with Gasteiger partial charge < -0.3 is 10.6 Å². The lowest BCUT2D eigenvalue weighted by molar-refractivity contribution is -0.121. The van der Waals surface area contributed by atoms with Crippen LogP contribution in [0.3, 0.4) is 0 Å². The Bertz CT molecular complexity index is 727. The van der Waals surface area contributed by atoms with Crippen LogP contribution in [0.5, 0.6) is 0 Å². The van der Waals surface area contributed by atoms with Crippen LogP contribution in [-0.4, -0.2) is 22.0 Å². The van der Waals surface area contributed by atoms with Gasteiger partial charge in [0.1, 0.15) is 5.01 Å². The lowest BCUT2D eigenvalue weighted by Gasteiger charge is -2.07. The van der Waals surface area contributed by atoms with Crippen molar-refractivity contribution >= 4 is 34.0 Å². The van der Waals surface area contributed by atoms with Gasteiger partial charge in [-0.25, -0.2) is 0 Å². The van der Waals surface area contributed by atoms with Crippen LogP contribution in [0.15, 0.2) is 18.2 Å². The molecule has 2 aromatic rings. The molecule has 0 saturated heterocycles. The van der Waals surface area contributed by atoms with Gasteiger partial charge in [0.25, 0.3) is 0 Å². The molecule has 7 heteroatoms. The summed E-state index contributed by atoms with van der Waals surface area (Å²) in [6, 6.07) is 5.74. The van der Waals surface area contributed by atoms with E-state index in [9.17, 15) is 9.59 Å². The zero-order valence-electron chi connectivity index (χ0n) is 14.2. The number of anilines is 2. The second-order valence-corrected chi connectivity index (χ2v) is 6.71. The Hall–Kier alpha value is -2.28. The number of rotatable bonds is 7. The second-order valence-electron chi connectivity index (χ2n) is 5.65. The van der Waals surface area contributed by atoms with E-state index in [0.29, 0.717) is 5.13 Å². The number of hydrogen-bond donors (Lipinski definition) is 2. The molecule has 0 atom stereocenters. The van der Waals surface area contributed by atoms with Crippen LogP contribution in [0, 0.1) is 13.8 Å².